The maximum absolute atomic E-state index is 13.2. The van der Waals surface area contributed by atoms with E-state index in [0.717, 1.165) is 19.0 Å². The lowest BCUT2D eigenvalue weighted by Crippen LogP contribution is -2.48. The highest BCUT2D eigenvalue weighted by atomic mass is 19.1. The number of nitrogens with one attached hydrogen (secondary N) is 2. The van der Waals surface area contributed by atoms with Crippen LogP contribution in [0.25, 0.3) is 0 Å². The number of aliphatic imine (C=N–C) groups is 1. The first-order valence-corrected chi connectivity index (χ1v) is 9.02. The molecule has 6 heteroatoms. The Balaban J connectivity index is 1.80. The summed E-state index contributed by atoms with van der Waals surface area (Å²) in [4.78, 5) is 6.79. The molecule has 2 rings (SSSR count). The summed E-state index contributed by atoms with van der Waals surface area (Å²) < 4.78 is 18.9. The van der Waals surface area contributed by atoms with E-state index in [-0.39, 0.29) is 11.9 Å². The Bertz CT molecular complexity index is 578. The smallest absolute Gasteiger partial charge is 0.191 e. The Morgan fingerprint density at radius 1 is 1.36 bits per heavy atom. The van der Waals surface area contributed by atoms with Crippen LogP contribution in [0.4, 0.5) is 4.39 Å². The summed E-state index contributed by atoms with van der Waals surface area (Å²) in [5, 5.41) is 6.81. The molecule has 2 N–H and O–H groups in total. The highest BCUT2D eigenvalue weighted by molar-refractivity contribution is 5.80. The maximum Gasteiger partial charge on any atom is 0.191 e. The molecule has 3 unspecified atom stereocenters. The molecular weight excluding hydrogens is 319 g/mol. The van der Waals surface area contributed by atoms with Gasteiger partial charge in [0.2, 0.25) is 0 Å². The number of guanidine groups is 1. The van der Waals surface area contributed by atoms with Crippen LogP contribution in [0.2, 0.25) is 0 Å². The van der Waals surface area contributed by atoms with Crippen molar-refractivity contribution in [3.05, 3.63) is 30.1 Å². The molecule has 1 saturated heterocycles. The van der Waals surface area contributed by atoms with Gasteiger partial charge in [-0.3, -0.25) is 9.89 Å². The second-order valence-corrected chi connectivity index (χ2v) is 7.11. The van der Waals surface area contributed by atoms with Crippen molar-refractivity contribution in [3.8, 4) is 5.75 Å². The van der Waals surface area contributed by atoms with E-state index in [9.17, 15) is 4.39 Å². The van der Waals surface area contributed by atoms with Crippen molar-refractivity contribution in [1.29, 1.82) is 0 Å². The van der Waals surface area contributed by atoms with Gasteiger partial charge in [-0.25, -0.2) is 4.39 Å². The average Bonchev–Trinajstić information content (AvgIpc) is 2.92. The molecule has 1 aromatic carbocycles. The zero-order valence-corrected chi connectivity index (χ0v) is 15.9. The van der Waals surface area contributed by atoms with E-state index in [0.29, 0.717) is 30.3 Å². The number of nitrogens with zero attached hydrogens (tertiary/aromatic N) is 2. The summed E-state index contributed by atoms with van der Waals surface area (Å²) in [6.45, 7) is 11.4. The van der Waals surface area contributed by atoms with Crippen LogP contribution in [0.3, 0.4) is 0 Å². The third-order valence-electron chi connectivity index (χ3n) is 4.61. The molecule has 5 nitrogen and oxygen atoms in total. The maximum atomic E-state index is 13.2. The number of hydrogen-bond donors (Lipinski definition) is 2. The van der Waals surface area contributed by atoms with Gasteiger partial charge in [0, 0.05) is 38.3 Å². The quantitative estimate of drug-likeness (QED) is 0.611. The SMILES string of the molecule is CN=C(NCC(C)Oc1cccc(F)c1)NC1CN(C(C)C)CC1C. The monoisotopic (exact) mass is 350 g/mol. The summed E-state index contributed by atoms with van der Waals surface area (Å²) >= 11 is 0. The fraction of sp³-hybridized carbons (Fsp3) is 0.632. The Morgan fingerprint density at radius 2 is 2.12 bits per heavy atom. The van der Waals surface area contributed by atoms with E-state index >= 15 is 0 Å². The van der Waals surface area contributed by atoms with Crippen LogP contribution < -0.4 is 15.4 Å². The molecule has 1 heterocycles. The van der Waals surface area contributed by atoms with Crippen molar-refractivity contribution in [2.45, 2.75) is 45.9 Å². The zero-order chi connectivity index (χ0) is 18.4. The van der Waals surface area contributed by atoms with E-state index in [1.807, 2.05) is 6.92 Å². The normalized spacial score (nSPS) is 22.9. The molecule has 0 radical (unpaired) electrons. The third-order valence-corrected chi connectivity index (χ3v) is 4.61. The van der Waals surface area contributed by atoms with Crippen molar-refractivity contribution in [2.75, 3.05) is 26.7 Å². The highest BCUT2D eigenvalue weighted by Crippen LogP contribution is 2.18. The summed E-state index contributed by atoms with van der Waals surface area (Å²) in [6, 6.07) is 7.15. The summed E-state index contributed by atoms with van der Waals surface area (Å²) in [5.41, 5.74) is 0. The van der Waals surface area contributed by atoms with Crippen molar-refractivity contribution >= 4 is 5.96 Å². The summed E-state index contributed by atoms with van der Waals surface area (Å²) in [5.74, 6) is 1.59. The predicted molar refractivity (Wildman–Crippen MR) is 101 cm³/mol. The number of likely N-dealkylation sites (tertiary alicyclic amines) is 1. The number of hydrogen-bond acceptors (Lipinski definition) is 3. The number of halogens is 1. The first-order chi connectivity index (χ1) is 11.9. The van der Waals surface area contributed by atoms with Crippen molar-refractivity contribution in [3.63, 3.8) is 0 Å². The Hall–Kier alpha value is -1.82. The lowest BCUT2D eigenvalue weighted by atomic mass is 10.1. The van der Waals surface area contributed by atoms with Crippen LogP contribution in [0, 0.1) is 11.7 Å². The van der Waals surface area contributed by atoms with E-state index in [1.54, 1.807) is 19.2 Å². The van der Waals surface area contributed by atoms with Crippen molar-refractivity contribution in [2.24, 2.45) is 10.9 Å². The molecule has 1 fully saturated rings. The van der Waals surface area contributed by atoms with Crippen molar-refractivity contribution in [1.82, 2.24) is 15.5 Å². The van der Waals surface area contributed by atoms with E-state index in [4.69, 9.17) is 4.74 Å². The minimum absolute atomic E-state index is 0.103. The first kappa shape index (κ1) is 19.5. The standard InChI is InChI=1S/C19H31FN4O/c1-13(2)24-11-14(3)18(12-24)23-19(21-5)22-10-15(4)25-17-8-6-7-16(20)9-17/h6-9,13-15,18H,10-12H2,1-5H3,(H2,21,22,23). The Morgan fingerprint density at radius 3 is 2.72 bits per heavy atom. The summed E-state index contributed by atoms with van der Waals surface area (Å²) in [7, 11) is 1.77. The predicted octanol–water partition coefficient (Wildman–Crippen LogP) is 2.49. The second kappa shape index (κ2) is 9.04. The molecular formula is C19H31FN4O. The Kier molecular flexibility index (Phi) is 7.05. The molecule has 0 saturated carbocycles. The van der Waals surface area contributed by atoms with Gasteiger partial charge in [0.1, 0.15) is 17.7 Å². The van der Waals surface area contributed by atoms with Crippen LogP contribution in [0.1, 0.15) is 27.7 Å². The van der Waals surface area contributed by atoms with Gasteiger partial charge in [0.15, 0.2) is 5.96 Å². The average molecular weight is 350 g/mol. The molecule has 3 atom stereocenters. The lowest BCUT2D eigenvalue weighted by molar-refractivity contribution is 0.222. The van der Waals surface area contributed by atoms with Crippen LogP contribution in [-0.2, 0) is 0 Å². The topological polar surface area (TPSA) is 48.9 Å². The molecule has 0 aliphatic carbocycles. The van der Waals surface area contributed by atoms with Crippen LogP contribution in [0.15, 0.2) is 29.3 Å². The fourth-order valence-electron chi connectivity index (χ4n) is 3.04. The molecule has 1 aliphatic heterocycles. The first-order valence-electron chi connectivity index (χ1n) is 9.02. The number of ether oxygens (including phenoxy) is 1. The van der Waals surface area contributed by atoms with Gasteiger partial charge in [-0.2, -0.15) is 0 Å². The largest absolute Gasteiger partial charge is 0.489 e. The summed E-state index contributed by atoms with van der Waals surface area (Å²) in [6.07, 6.45) is -0.103. The minimum Gasteiger partial charge on any atom is -0.489 e. The highest BCUT2D eigenvalue weighted by Gasteiger charge is 2.31. The molecule has 0 aromatic heterocycles. The van der Waals surface area contributed by atoms with Crippen LogP contribution >= 0.6 is 0 Å². The van der Waals surface area contributed by atoms with Gasteiger partial charge in [-0.1, -0.05) is 13.0 Å². The van der Waals surface area contributed by atoms with Crippen molar-refractivity contribution < 1.29 is 9.13 Å². The molecule has 25 heavy (non-hydrogen) atoms. The van der Waals surface area contributed by atoms with Gasteiger partial charge in [0.25, 0.3) is 0 Å². The second-order valence-electron chi connectivity index (χ2n) is 7.11. The number of rotatable bonds is 6. The van der Waals surface area contributed by atoms with Gasteiger partial charge in [-0.15, -0.1) is 0 Å². The molecule has 1 aromatic rings. The zero-order valence-electron chi connectivity index (χ0n) is 15.9. The van der Waals surface area contributed by atoms with E-state index in [2.05, 4.69) is 41.3 Å². The van der Waals surface area contributed by atoms with Gasteiger partial charge < -0.3 is 15.4 Å². The molecule has 0 spiro atoms. The van der Waals surface area contributed by atoms with E-state index in [1.165, 1.54) is 12.1 Å². The lowest BCUT2D eigenvalue weighted by Gasteiger charge is -2.23. The van der Waals surface area contributed by atoms with E-state index < -0.39 is 0 Å². The van der Waals surface area contributed by atoms with Gasteiger partial charge >= 0.3 is 0 Å². The minimum atomic E-state index is -0.292. The van der Waals surface area contributed by atoms with Gasteiger partial charge in [-0.05, 0) is 38.8 Å². The molecule has 0 amide bonds. The molecule has 140 valence electrons. The van der Waals surface area contributed by atoms with Crippen LogP contribution in [-0.4, -0.2) is 55.7 Å². The third kappa shape index (κ3) is 5.88. The Labute approximate surface area is 150 Å². The number of benzene rings is 1. The fourth-order valence-corrected chi connectivity index (χ4v) is 3.04. The molecule has 1 aliphatic rings. The van der Waals surface area contributed by atoms with Crippen LogP contribution in [0.5, 0.6) is 5.75 Å². The molecule has 0 bridgehead atoms. The van der Waals surface area contributed by atoms with Gasteiger partial charge in [0.05, 0.1) is 6.54 Å².